The van der Waals surface area contributed by atoms with E-state index in [9.17, 15) is 0 Å². The molecule has 7 rings (SSSR count). The fourth-order valence-corrected chi connectivity index (χ4v) is 7.66. The van der Waals surface area contributed by atoms with Gasteiger partial charge in [0.25, 0.3) is 0 Å². The van der Waals surface area contributed by atoms with E-state index in [2.05, 4.69) is 69.6 Å². The van der Waals surface area contributed by atoms with Crippen LogP contribution in [0.3, 0.4) is 0 Å². The van der Waals surface area contributed by atoms with Gasteiger partial charge in [-0.25, -0.2) is 4.98 Å². The van der Waals surface area contributed by atoms with Crippen molar-refractivity contribution in [1.82, 2.24) is 13.9 Å². The number of nitrogens with zero attached hydrogens (tertiary/aromatic N) is 3. The summed E-state index contributed by atoms with van der Waals surface area (Å²) in [5.41, 5.74) is 6.30. The number of imidazole rings is 1. The molecule has 2 aromatic heterocycles. The molecule has 1 aliphatic rings. The van der Waals surface area contributed by atoms with Crippen LogP contribution in [-0.2, 0) is 44.5 Å². The lowest BCUT2D eigenvalue weighted by Gasteiger charge is -2.26. The predicted molar refractivity (Wildman–Crippen MR) is 186 cm³/mol. The van der Waals surface area contributed by atoms with Crippen LogP contribution < -0.4 is 0 Å². The first kappa shape index (κ1) is 31.8. The Balaban J connectivity index is 1.23. The molecule has 0 N–H and O–H groups in total. The highest BCUT2D eigenvalue weighted by molar-refractivity contribution is 7.98. The third kappa shape index (κ3) is 7.67. The van der Waals surface area contributed by atoms with Gasteiger partial charge < -0.3 is 18.9 Å². The van der Waals surface area contributed by atoms with E-state index < -0.39 is 18.4 Å². The summed E-state index contributed by atoms with van der Waals surface area (Å²) in [7, 11) is 0. The highest BCUT2D eigenvalue weighted by Crippen LogP contribution is 2.41. The number of rotatable bonds is 14. The van der Waals surface area contributed by atoms with Gasteiger partial charge >= 0.3 is 0 Å². The quantitative estimate of drug-likeness (QED) is 0.109. The number of aromatic nitrogens is 3. The fraction of sp³-hybridized carbons (Fsp3) is 0.263. The zero-order chi connectivity index (χ0) is 31.8. The zero-order valence-electron chi connectivity index (χ0n) is 26.2. The molecule has 0 unspecified atom stereocenters. The second kappa shape index (κ2) is 15.4. The minimum absolute atomic E-state index is 0.349. The molecule has 7 nitrogen and oxygen atoms in total. The van der Waals surface area contributed by atoms with Crippen molar-refractivity contribution in [3.05, 3.63) is 149 Å². The molecular formula is C38H37N3O4S2. The molecule has 0 saturated carbocycles. The van der Waals surface area contributed by atoms with Crippen molar-refractivity contribution in [2.24, 2.45) is 0 Å². The summed E-state index contributed by atoms with van der Waals surface area (Å²) in [6, 6.07) is 41.1. The van der Waals surface area contributed by atoms with Crippen molar-refractivity contribution >= 4 is 33.6 Å². The van der Waals surface area contributed by atoms with Crippen molar-refractivity contribution in [3.63, 3.8) is 0 Å². The van der Waals surface area contributed by atoms with Gasteiger partial charge in [0, 0.05) is 5.75 Å². The van der Waals surface area contributed by atoms with Gasteiger partial charge in [0.15, 0.2) is 11.4 Å². The average molecular weight is 664 g/mol. The smallest absolute Gasteiger partial charge is 0.172 e. The molecule has 9 heteroatoms. The molecule has 0 radical (unpaired) electrons. The maximum atomic E-state index is 6.97. The Labute approximate surface area is 283 Å². The standard InChI is InChI=1S/C38H37N3O4S2/c1-27-33-37(47-40-27)41(38(39-33)46-26-31-20-12-5-13-21-31)36-35(44-24-30-18-10-4-11-19-30)34(43-23-29-16-8-3-9-17-29)32(45-36)25-42-22-28-14-6-2-7-15-28/h2-21,32,34-36H,22-26H2,1H3/t32-,34-,35+,36-/m1/s1. The molecule has 1 saturated heterocycles. The monoisotopic (exact) mass is 663 g/mol. The van der Waals surface area contributed by atoms with Crippen LogP contribution in [0.2, 0.25) is 0 Å². The van der Waals surface area contributed by atoms with Gasteiger partial charge in [0.1, 0.15) is 28.7 Å². The molecule has 3 heterocycles. The van der Waals surface area contributed by atoms with E-state index in [-0.39, 0.29) is 6.10 Å². The van der Waals surface area contributed by atoms with E-state index in [1.807, 2.05) is 67.6 Å². The van der Waals surface area contributed by atoms with E-state index in [1.165, 1.54) is 17.1 Å². The zero-order valence-corrected chi connectivity index (χ0v) is 27.8. The maximum Gasteiger partial charge on any atom is 0.172 e. The second-order valence-corrected chi connectivity index (χ2v) is 13.2. The number of hydrogen-bond donors (Lipinski definition) is 0. The van der Waals surface area contributed by atoms with Crippen LogP contribution in [0, 0.1) is 6.92 Å². The van der Waals surface area contributed by atoms with Gasteiger partial charge in [-0.15, -0.1) is 0 Å². The van der Waals surface area contributed by atoms with Crippen LogP contribution in [0.4, 0.5) is 0 Å². The summed E-state index contributed by atoms with van der Waals surface area (Å²) in [4.78, 5) is 6.06. The first-order valence-electron chi connectivity index (χ1n) is 15.8. The highest BCUT2D eigenvalue weighted by atomic mass is 32.2. The van der Waals surface area contributed by atoms with E-state index in [0.29, 0.717) is 26.4 Å². The van der Waals surface area contributed by atoms with Crippen LogP contribution >= 0.6 is 23.3 Å². The van der Waals surface area contributed by atoms with Crippen molar-refractivity contribution in [2.75, 3.05) is 6.61 Å². The molecule has 1 fully saturated rings. The van der Waals surface area contributed by atoms with Crippen molar-refractivity contribution in [1.29, 1.82) is 0 Å². The van der Waals surface area contributed by atoms with E-state index in [0.717, 1.165) is 43.6 Å². The molecule has 0 aliphatic carbocycles. The summed E-state index contributed by atoms with van der Waals surface area (Å²) in [5, 5.41) is 0.867. The molecule has 4 atom stereocenters. The van der Waals surface area contributed by atoms with Gasteiger partial charge in [-0.2, -0.15) is 4.37 Å². The Morgan fingerprint density at radius 3 is 1.83 bits per heavy atom. The van der Waals surface area contributed by atoms with Gasteiger partial charge in [0.05, 0.1) is 32.1 Å². The molecular weight excluding hydrogens is 627 g/mol. The Morgan fingerprint density at radius 2 is 1.23 bits per heavy atom. The summed E-state index contributed by atoms with van der Waals surface area (Å²) in [6.45, 7) is 3.68. The number of thioether (sulfide) groups is 1. The minimum atomic E-state index is -0.507. The molecule has 0 spiro atoms. The third-order valence-corrected chi connectivity index (χ3v) is 10.1. The number of fused-ring (bicyclic) bond motifs is 1. The van der Waals surface area contributed by atoms with Crippen LogP contribution in [0.15, 0.2) is 126 Å². The summed E-state index contributed by atoms with van der Waals surface area (Å²) in [5.74, 6) is 0.775. The second-order valence-electron chi connectivity index (χ2n) is 11.5. The van der Waals surface area contributed by atoms with Crippen LogP contribution in [0.25, 0.3) is 10.3 Å². The van der Waals surface area contributed by atoms with Gasteiger partial charge in [-0.05, 0) is 40.7 Å². The Morgan fingerprint density at radius 1 is 0.702 bits per heavy atom. The third-order valence-electron chi connectivity index (χ3n) is 8.16. The molecule has 47 heavy (non-hydrogen) atoms. The number of benzene rings is 4. The maximum absolute atomic E-state index is 6.97. The largest absolute Gasteiger partial charge is 0.374 e. The lowest BCUT2D eigenvalue weighted by molar-refractivity contribution is -0.0920. The van der Waals surface area contributed by atoms with E-state index in [4.69, 9.17) is 23.9 Å². The topological polar surface area (TPSA) is 67.6 Å². The highest BCUT2D eigenvalue weighted by Gasteiger charge is 2.49. The minimum Gasteiger partial charge on any atom is -0.374 e. The van der Waals surface area contributed by atoms with Crippen molar-refractivity contribution in [2.45, 2.75) is 62.2 Å². The summed E-state index contributed by atoms with van der Waals surface area (Å²) >= 11 is 3.14. The van der Waals surface area contributed by atoms with Crippen molar-refractivity contribution in [3.8, 4) is 0 Å². The number of hydrogen-bond acceptors (Lipinski definition) is 8. The SMILES string of the molecule is Cc1nsc2c1nc(SCc1ccccc1)n2[C@@H]1O[C@H](COCc2ccccc2)[C@@H](OCc2ccccc2)[C@@H]1OCc1ccccc1. The van der Waals surface area contributed by atoms with E-state index in [1.54, 1.807) is 11.8 Å². The predicted octanol–water partition coefficient (Wildman–Crippen LogP) is 8.38. The van der Waals surface area contributed by atoms with Crippen molar-refractivity contribution < 1.29 is 18.9 Å². The van der Waals surface area contributed by atoms with Crippen LogP contribution in [-0.4, -0.2) is 38.8 Å². The molecule has 6 aromatic rings. The average Bonchev–Trinajstić information content (AvgIpc) is 3.78. The molecule has 1 aliphatic heterocycles. The normalized spacial score (nSPS) is 19.4. The van der Waals surface area contributed by atoms with Gasteiger partial charge in [0.2, 0.25) is 0 Å². The van der Waals surface area contributed by atoms with Crippen LogP contribution in [0.5, 0.6) is 0 Å². The van der Waals surface area contributed by atoms with E-state index >= 15 is 0 Å². The van der Waals surface area contributed by atoms with Crippen LogP contribution in [0.1, 0.15) is 34.2 Å². The Kier molecular flexibility index (Phi) is 10.4. The first-order valence-corrected chi connectivity index (χ1v) is 17.6. The Hall–Kier alpha value is -3.83. The molecule has 4 aromatic carbocycles. The molecule has 0 amide bonds. The number of ether oxygens (including phenoxy) is 4. The molecule has 240 valence electrons. The van der Waals surface area contributed by atoms with Gasteiger partial charge in [-0.3, -0.25) is 4.57 Å². The lowest BCUT2D eigenvalue weighted by Crippen LogP contribution is -2.38. The fourth-order valence-electron chi connectivity index (χ4n) is 5.75. The Bertz CT molecular complexity index is 1830. The number of aryl methyl sites for hydroxylation is 1. The summed E-state index contributed by atoms with van der Waals surface area (Å²) in [6.07, 6.45) is -1.74. The lowest BCUT2D eigenvalue weighted by atomic mass is 10.1. The molecule has 0 bridgehead atoms. The first-order chi connectivity index (χ1) is 23.2. The van der Waals surface area contributed by atoms with Gasteiger partial charge in [-0.1, -0.05) is 133 Å². The summed E-state index contributed by atoms with van der Waals surface area (Å²) < 4.78 is 33.7.